The summed E-state index contributed by atoms with van der Waals surface area (Å²) < 4.78 is 49.9. The Kier molecular flexibility index (Phi) is 3.59. The molecule has 6 heteroatoms. The van der Waals surface area contributed by atoms with Crippen LogP contribution in [0.15, 0.2) is 17.0 Å². The third kappa shape index (κ3) is 2.81. The van der Waals surface area contributed by atoms with Gasteiger partial charge in [0.25, 0.3) is 0 Å². The van der Waals surface area contributed by atoms with E-state index >= 15 is 0 Å². The van der Waals surface area contributed by atoms with Gasteiger partial charge < -0.3 is 5.11 Å². The van der Waals surface area contributed by atoms with E-state index in [0.717, 1.165) is 12.3 Å². The minimum Gasteiger partial charge on any atom is -0.395 e. The van der Waals surface area contributed by atoms with Crippen molar-refractivity contribution < 1.29 is 22.3 Å². The van der Waals surface area contributed by atoms with Crippen molar-refractivity contribution in [3.05, 3.63) is 29.3 Å². The van der Waals surface area contributed by atoms with E-state index < -0.39 is 38.4 Å². The minimum absolute atomic E-state index is 0.152. The summed E-state index contributed by atoms with van der Waals surface area (Å²) in [5, 5.41) is 9.12. The fourth-order valence-corrected chi connectivity index (χ4v) is 2.17. The molecule has 0 aromatic heterocycles. The Morgan fingerprint density at radius 1 is 1.29 bits per heavy atom. The van der Waals surface area contributed by atoms with Gasteiger partial charge in [-0.15, -0.1) is 0 Å². The van der Waals surface area contributed by atoms with Crippen molar-refractivity contribution in [2.75, 3.05) is 12.9 Å². The molecule has 1 aromatic rings. The van der Waals surface area contributed by atoms with Crippen LogP contribution < -0.4 is 0 Å². The molecule has 0 spiro atoms. The number of rotatable bonds is 3. The van der Waals surface area contributed by atoms with E-state index in [1.54, 1.807) is 0 Å². The molecule has 1 rings (SSSR count). The highest BCUT2D eigenvalue weighted by molar-refractivity contribution is 7.90. The number of hydrogen-bond donors (Lipinski definition) is 1. The highest BCUT2D eigenvalue weighted by atomic mass is 32.2. The zero-order valence-corrected chi connectivity index (χ0v) is 10.6. The maximum Gasteiger partial charge on any atom is 0.178 e. The standard InChI is InChI=1S/C11H14F2O3S/c1-11(2,6-14)8-4-7(12)5-9(10(8)13)17(3,15)16/h4-5,14H,6H2,1-3H3. The third-order valence-electron chi connectivity index (χ3n) is 2.53. The highest BCUT2D eigenvalue weighted by Gasteiger charge is 2.28. The van der Waals surface area contributed by atoms with Crippen LogP contribution in [0.5, 0.6) is 0 Å². The quantitative estimate of drug-likeness (QED) is 0.903. The zero-order chi connectivity index (χ0) is 13.4. The molecule has 0 aliphatic rings. The Hall–Kier alpha value is -1.01. The van der Waals surface area contributed by atoms with Gasteiger partial charge >= 0.3 is 0 Å². The van der Waals surface area contributed by atoms with Crippen LogP contribution in [0.1, 0.15) is 19.4 Å². The van der Waals surface area contributed by atoms with Crippen molar-refractivity contribution in [1.29, 1.82) is 0 Å². The molecule has 0 aliphatic carbocycles. The van der Waals surface area contributed by atoms with Crippen LogP contribution in [0.25, 0.3) is 0 Å². The van der Waals surface area contributed by atoms with Crippen LogP contribution in [0, 0.1) is 11.6 Å². The van der Waals surface area contributed by atoms with Gasteiger partial charge in [0.15, 0.2) is 9.84 Å². The van der Waals surface area contributed by atoms with Crippen molar-refractivity contribution in [1.82, 2.24) is 0 Å². The van der Waals surface area contributed by atoms with Crippen molar-refractivity contribution in [3.63, 3.8) is 0 Å². The minimum atomic E-state index is -3.84. The molecular formula is C11H14F2O3S. The van der Waals surface area contributed by atoms with Crippen LogP contribution in [-0.2, 0) is 15.3 Å². The van der Waals surface area contributed by atoms with E-state index in [2.05, 4.69) is 0 Å². The summed E-state index contributed by atoms with van der Waals surface area (Å²) in [5.74, 6) is -1.85. The lowest BCUT2D eigenvalue weighted by Gasteiger charge is -2.23. The lowest BCUT2D eigenvalue weighted by Crippen LogP contribution is -2.25. The zero-order valence-electron chi connectivity index (χ0n) is 9.79. The van der Waals surface area contributed by atoms with Gasteiger partial charge in [-0.05, 0) is 17.7 Å². The number of aliphatic hydroxyl groups is 1. The summed E-state index contributed by atoms with van der Waals surface area (Å²) in [5.41, 5.74) is -1.20. The van der Waals surface area contributed by atoms with Gasteiger partial charge in [0.2, 0.25) is 0 Å². The summed E-state index contributed by atoms with van der Waals surface area (Å²) in [6.45, 7) is 2.57. The molecule has 0 amide bonds. The summed E-state index contributed by atoms with van der Waals surface area (Å²) in [4.78, 5) is -0.686. The Morgan fingerprint density at radius 2 is 1.82 bits per heavy atom. The molecule has 0 saturated carbocycles. The number of hydrogen-bond acceptors (Lipinski definition) is 3. The summed E-state index contributed by atoms with van der Waals surface area (Å²) >= 11 is 0. The largest absolute Gasteiger partial charge is 0.395 e. The second kappa shape index (κ2) is 4.34. The lowest BCUT2D eigenvalue weighted by atomic mass is 9.85. The normalized spacial score (nSPS) is 12.8. The number of sulfone groups is 1. The Labute approximate surface area is 99.0 Å². The van der Waals surface area contributed by atoms with Gasteiger partial charge in [-0.1, -0.05) is 13.8 Å². The molecule has 0 bridgehead atoms. The number of aliphatic hydroxyl groups excluding tert-OH is 1. The fraction of sp³-hybridized carbons (Fsp3) is 0.455. The van der Waals surface area contributed by atoms with Crippen LogP contribution in [0.4, 0.5) is 8.78 Å². The molecule has 0 fully saturated rings. The Balaban J connectivity index is 3.61. The van der Waals surface area contributed by atoms with Gasteiger partial charge in [-0.25, -0.2) is 17.2 Å². The molecule has 3 nitrogen and oxygen atoms in total. The second-order valence-electron chi connectivity index (χ2n) is 4.58. The molecule has 0 radical (unpaired) electrons. The lowest BCUT2D eigenvalue weighted by molar-refractivity contribution is 0.214. The van der Waals surface area contributed by atoms with Gasteiger partial charge in [-0.2, -0.15) is 0 Å². The van der Waals surface area contributed by atoms with E-state index in [4.69, 9.17) is 5.11 Å². The van der Waals surface area contributed by atoms with Crippen LogP contribution in [-0.4, -0.2) is 26.4 Å². The topological polar surface area (TPSA) is 54.4 Å². The summed E-state index contributed by atoms with van der Waals surface area (Å²) in [6.07, 6.45) is 0.806. The predicted octanol–water partition coefficient (Wildman–Crippen LogP) is 1.64. The van der Waals surface area contributed by atoms with Gasteiger partial charge in [0, 0.05) is 11.7 Å². The molecule has 0 atom stereocenters. The molecule has 0 aliphatic heterocycles. The van der Waals surface area contributed by atoms with E-state index in [1.807, 2.05) is 0 Å². The smallest absolute Gasteiger partial charge is 0.178 e. The van der Waals surface area contributed by atoms with Crippen LogP contribution in [0.2, 0.25) is 0 Å². The average Bonchev–Trinajstić information content (AvgIpc) is 2.19. The maximum absolute atomic E-state index is 14.0. The monoisotopic (exact) mass is 264 g/mol. The SMILES string of the molecule is CC(C)(CO)c1cc(F)cc(S(C)(=O)=O)c1F. The molecule has 96 valence electrons. The second-order valence-corrected chi connectivity index (χ2v) is 6.56. The first kappa shape index (κ1) is 14.1. The maximum atomic E-state index is 14.0. The van der Waals surface area contributed by atoms with Crippen molar-refractivity contribution in [2.45, 2.75) is 24.2 Å². The first-order valence-electron chi connectivity index (χ1n) is 4.90. The van der Waals surface area contributed by atoms with Crippen LogP contribution in [0.3, 0.4) is 0 Å². The molecule has 17 heavy (non-hydrogen) atoms. The van der Waals surface area contributed by atoms with Crippen molar-refractivity contribution >= 4 is 9.84 Å². The molecule has 1 aromatic carbocycles. The number of halogens is 2. The molecule has 0 heterocycles. The van der Waals surface area contributed by atoms with Gasteiger partial charge in [0.1, 0.15) is 16.5 Å². The first-order chi connectivity index (χ1) is 7.59. The first-order valence-corrected chi connectivity index (χ1v) is 6.79. The van der Waals surface area contributed by atoms with Crippen molar-refractivity contribution in [3.8, 4) is 0 Å². The fourth-order valence-electron chi connectivity index (χ4n) is 1.41. The van der Waals surface area contributed by atoms with E-state index in [-0.39, 0.29) is 5.56 Å². The van der Waals surface area contributed by atoms with Gasteiger partial charge in [-0.3, -0.25) is 0 Å². The van der Waals surface area contributed by atoms with Crippen LogP contribution >= 0.6 is 0 Å². The molecule has 0 unspecified atom stereocenters. The molecular weight excluding hydrogens is 250 g/mol. The van der Waals surface area contributed by atoms with Crippen molar-refractivity contribution in [2.24, 2.45) is 0 Å². The predicted molar refractivity (Wildman–Crippen MR) is 59.6 cm³/mol. The molecule has 1 N–H and O–H groups in total. The van der Waals surface area contributed by atoms with E-state index in [1.165, 1.54) is 13.8 Å². The van der Waals surface area contributed by atoms with Gasteiger partial charge in [0.05, 0.1) is 6.61 Å². The molecule has 0 saturated heterocycles. The average molecular weight is 264 g/mol. The Bertz CT molecular complexity index is 536. The summed E-state index contributed by atoms with van der Waals surface area (Å²) in [6, 6.07) is 1.54. The summed E-state index contributed by atoms with van der Waals surface area (Å²) in [7, 11) is -3.84. The Morgan fingerprint density at radius 3 is 2.24 bits per heavy atom. The van der Waals surface area contributed by atoms with E-state index in [0.29, 0.717) is 6.07 Å². The third-order valence-corrected chi connectivity index (χ3v) is 3.62. The van der Waals surface area contributed by atoms with E-state index in [9.17, 15) is 17.2 Å². The number of benzene rings is 1. The highest BCUT2D eigenvalue weighted by Crippen LogP contribution is 2.30.